The van der Waals surface area contributed by atoms with Crippen LogP contribution in [-0.4, -0.2) is 33.2 Å². The monoisotopic (exact) mass is 347 g/mol. The average molecular weight is 348 g/mol. The van der Waals surface area contributed by atoms with Crippen molar-refractivity contribution in [3.8, 4) is 5.75 Å². The molecule has 0 aliphatic rings. The Balaban J connectivity index is 1.90. The number of quaternary nitrogens is 1. The van der Waals surface area contributed by atoms with E-state index in [2.05, 4.69) is 49.9 Å². The first-order valence-corrected chi connectivity index (χ1v) is 9.07. The molecular weight excluding hydrogens is 320 g/mol. The van der Waals surface area contributed by atoms with E-state index in [0.717, 1.165) is 16.9 Å². The van der Waals surface area contributed by atoms with E-state index in [1.807, 2.05) is 19.9 Å². The predicted molar refractivity (Wildman–Crippen MR) is 99.0 cm³/mol. The third kappa shape index (κ3) is 4.82. The van der Waals surface area contributed by atoms with Crippen molar-refractivity contribution in [2.45, 2.75) is 26.8 Å². The first-order chi connectivity index (χ1) is 11.4. The van der Waals surface area contributed by atoms with Crippen LogP contribution in [-0.2, 0) is 4.79 Å². The van der Waals surface area contributed by atoms with Crippen LogP contribution in [0.2, 0.25) is 0 Å². The number of hydrogen-bond acceptors (Lipinski definition) is 3. The van der Waals surface area contributed by atoms with E-state index in [1.165, 1.54) is 15.3 Å². The molecule has 0 fully saturated rings. The Hall–Kier alpha value is -1.85. The summed E-state index contributed by atoms with van der Waals surface area (Å²) in [6, 6.07) is 8.57. The molecule has 1 aromatic heterocycles. The number of carbonyl (C=O) groups is 1. The van der Waals surface area contributed by atoms with Gasteiger partial charge in [-0.15, -0.1) is 11.3 Å². The fraction of sp³-hybridized carbons (Fsp3) is 0.421. The topological polar surface area (TPSA) is 42.8 Å². The maximum Gasteiger partial charge on any atom is 0.258 e. The number of hydrogen-bond donors (Lipinski definition) is 2. The molecule has 2 N–H and O–H groups in total. The van der Waals surface area contributed by atoms with Gasteiger partial charge in [-0.1, -0.05) is 23.8 Å². The van der Waals surface area contributed by atoms with Crippen molar-refractivity contribution in [1.82, 2.24) is 5.32 Å². The Morgan fingerprint density at radius 3 is 2.46 bits per heavy atom. The van der Waals surface area contributed by atoms with Crippen LogP contribution < -0.4 is 15.0 Å². The highest BCUT2D eigenvalue weighted by molar-refractivity contribution is 7.10. The molecule has 1 heterocycles. The zero-order valence-electron chi connectivity index (χ0n) is 15.1. The van der Waals surface area contributed by atoms with Gasteiger partial charge in [0.2, 0.25) is 0 Å². The van der Waals surface area contributed by atoms with Gasteiger partial charge in [-0.2, -0.15) is 0 Å². The molecule has 5 heteroatoms. The van der Waals surface area contributed by atoms with Gasteiger partial charge in [0.25, 0.3) is 5.91 Å². The van der Waals surface area contributed by atoms with Crippen molar-refractivity contribution in [3.05, 3.63) is 51.2 Å². The number of rotatable bonds is 7. The standard InChI is InChI=1S/C19H26N2O2S/c1-13-9-14(2)19(15(3)10-13)23-12-18(22)20-11-16(21(4)5)17-7-6-8-24-17/h6-10,16H,11-12H2,1-5H3,(H,20,22)/p+1/t16-/m1/s1. The molecule has 24 heavy (non-hydrogen) atoms. The van der Waals surface area contributed by atoms with E-state index in [4.69, 9.17) is 4.74 Å². The Morgan fingerprint density at radius 1 is 1.25 bits per heavy atom. The van der Waals surface area contributed by atoms with E-state index < -0.39 is 0 Å². The third-order valence-corrected chi connectivity index (χ3v) is 5.03. The summed E-state index contributed by atoms with van der Waals surface area (Å²) in [5, 5.41) is 5.06. The van der Waals surface area contributed by atoms with Crippen molar-refractivity contribution in [3.63, 3.8) is 0 Å². The predicted octanol–water partition coefficient (Wildman–Crippen LogP) is 2.05. The fourth-order valence-electron chi connectivity index (χ4n) is 2.88. The van der Waals surface area contributed by atoms with E-state index in [9.17, 15) is 4.79 Å². The summed E-state index contributed by atoms with van der Waals surface area (Å²) in [5.74, 6) is 0.723. The summed E-state index contributed by atoms with van der Waals surface area (Å²) in [6.07, 6.45) is 0. The molecule has 1 aromatic carbocycles. The molecule has 0 unspecified atom stereocenters. The third-order valence-electron chi connectivity index (χ3n) is 4.04. The van der Waals surface area contributed by atoms with Crippen LogP contribution in [0.15, 0.2) is 29.6 Å². The maximum atomic E-state index is 12.2. The van der Waals surface area contributed by atoms with Crippen LogP contribution in [0.4, 0.5) is 0 Å². The molecule has 0 bridgehead atoms. The van der Waals surface area contributed by atoms with Crippen LogP contribution in [0.5, 0.6) is 5.75 Å². The minimum Gasteiger partial charge on any atom is -0.483 e. The van der Waals surface area contributed by atoms with Crippen molar-refractivity contribution in [2.75, 3.05) is 27.2 Å². The molecule has 0 radical (unpaired) electrons. The Morgan fingerprint density at radius 2 is 1.92 bits per heavy atom. The second kappa shape index (κ2) is 8.31. The minimum absolute atomic E-state index is 0.0463. The number of likely N-dealkylation sites (N-methyl/N-ethyl adjacent to an activating group) is 1. The van der Waals surface area contributed by atoms with Gasteiger partial charge < -0.3 is 15.0 Å². The van der Waals surface area contributed by atoms with Gasteiger partial charge in [-0.25, -0.2) is 0 Å². The lowest BCUT2D eigenvalue weighted by Crippen LogP contribution is -3.06. The summed E-state index contributed by atoms with van der Waals surface area (Å²) in [5.41, 5.74) is 3.33. The molecular formula is C19H27N2O2S+. The fourth-order valence-corrected chi connectivity index (χ4v) is 3.83. The molecule has 2 aromatic rings. The van der Waals surface area contributed by atoms with Crippen LogP contribution >= 0.6 is 11.3 Å². The number of amides is 1. The number of thiophene rings is 1. The van der Waals surface area contributed by atoms with Gasteiger partial charge >= 0.3 is 0 Å². The van der Waals surface area contributed by atoms with Crippen LogP contribution in [0.25, 0.3) is 0 Å². The quantitative estimate of drug-likeness (QED) is 0.805. The molecule has 1 amide bonds. The number of ether oxygens (including phenoxy) is 1. The maximum absolute atomic E-state index is 12.2. The number of nitrogens with one attached hydrogen (secondary N) is 2. The molecule has 0 spiro atoms. The number of carbonyl (C=O) groups excluding carboxylic acids is 1. The van der Waals surface area contributed by atoms with Gasteiger partial charge in [-0.3, -0.25) is 4.79 Å². The average Bonchev–Trinajstić information content (AvgIpc) is 3.00. The van der Waals surface area contributed by atoms with Crippen LogP contribution in [0.1, 0.15) is 27.6 Å². The van der Waals surface area contributed by atoms with Gasteiger partial charge in [0, 0.05) is 0 Å². The van der Waals surface area contributed by atoms with Gasteiger partial charge in [0.15, 0.2) is 6.61 Å². The first-order valence-electron chi connectivity index (χ1n) is 8.19. The molecule has 0 saturated carbocycles. The van der Waals surface area contributed by atoms with Crippen molar-refractivity contribution >= 4 is 17.2 Å². The largest absolute Gasteiger partial charge is 0.483 e. The molecule has 0 aliphatic heterocycles. The van der Waals surface area contributed by atoms with Gasteiger partial charge in [0.05, 0.1) is 25.5 Å². The lowest BCUT2D eigenvalue weighted by atomic mass is 10.1. The molecule has 1 atom stereocenters. The second-order valence-electron chi connectivity index (χ2n) is 6.47. The summed E-state index contributed by atoms with van der Waals surface area (Å²) in [6.45, 7) is 6.73. The minimum atomic E-state index is -0.0859. The molecule has 130 valence electrons. The zero-order valence-corrected chi connectivity index (χ0v) is 15.9. The lowest BCUT2D eigenvalue weighted by molar-refractivity contribution is -0.890. The Bertz CT molecular complexity index is 658. The van der Waals surface area contributed by atoms with Crippen molar-refractivity contribution in [1.29, 1.82) is 0 Å². The van der Waals surface area contributed by atoms with Gasteiger partial charge in [0.1, 0.15) is 11.8 Å². The summed E-state index contributed by atoms with van der Waals surface area (Å²) in [4.78, 5) is 14.7. The van der Waals surface area contributed by atoms with Crippen molar-refractivity contribution in [2.24, 2.45) is 0 Å². The van der Waals surface area contributed by atoms with Gasteiger partial charge in [-0.05, 0) is 43.3 Å². The first kappa shape index (κ1) is 18.5. The Labute approximate surface area is 148 Å². The van der Waals surface area contributed by atoms with E-state index in [0.29, 0.717) is 6.54 Å². The molecule has 2 rings (SSSR count). The molecule has 0 saturated heterocycles. The summed E-state index contributed by atoms with van der Waals surface area (Å²) < 4.78 is 5.75. The lowest BCUT2D eigenvalue weighted by Gasteiger charge is -2.21. The zero-order chi connectivity index (χ0) is 17.7. The SMILES string of the molecule is Cc1cc(C)c(OCC(=O)NC[C@H](c2cccs2)[NH+](C)C)c(C)c1. The van der Waals surface area contributed by atoms with E-state index in [-0.39, 0.29) is 18.6 Å². The van der Waals surface area contributed by atoms with E-state index >= 15 is 0 Å². The number of aryl methyl sites for hydroxylation is 3. The highest BCUT2D eigenvalue weighted by Gasteiger charge is 2.19. The summed E-state index contributed by atoms with van der Waals surface area (Å²) in [7, 11) is 4.21. The smallest absolute Gasteiger partial charge is 0.258 e. The van der Waals surface area contributed by atoms with Crippen LogP contribution in [0, 0.1) is 20.8 Å². The highest BCUT2D eigenvalue weighted by Crippen LogP contribution is 2.24. The van der Waals surface area contributed by atoms with Crippen LogP contribution in [0.3, 0.4) is 0 Å². The normalized spacial score (nSPS) is 12.2. The van der Waals surface area contributed by atoms with Crippen molar-refractivity contribution < 1.29 is 14.4 Å². The number of benzene rings is 1. The van der Waals surface area contributed by atoms with E-state index in [1.54, 1.807) is 11.3 Å². The highest BCUT2D eigenvalue weighted by atomic mass is 32.1. The Kier molecular flexibility index (Phi) is 6.40. The molecule has 4 nitrogen and oxygen atoms in total. The summed E-state index contributed by atoms with van der Waals surface area (Å²) >= 11 is 1.72. The molecule has 0 aliphatic carbocycles. The second-order valence-corrected chi connectivity index (χ2v) is 7.45.